The number of nitrogens with one attached hydrogen (secondary N) is 1. The molecule has 0 bridgehead atoms. The van der Waals surface area contributed by atoms with Crippen LogP contribution in [-0.4, -0.2) is 69.4 Å². The van der Waals surface area contributed by atoms with E-state index >= 15 is 0 Å². The van der Waals surface area contributed by atoms with Crippen molar-refractivity contribution in [1.29, 1.82) is 0 Å². The molecule has 0 aliphatic carbocycles. The maximum Gasteiger partial charge on any atom is 0.306 e. The summed E-state index contributed by atoms with van der Waals surface area (Å²) in [6, 6.07) is -0.890. The van der Waals surface area contributed by atoms with Gasteiger partial charge in [0.1, 0.15) is 19.3 Å². The first kappa shape index (κ1) is 85.7. The number of phosphoric acid groups is 1. The minimum Gasteiger partial charge on any atom is -0.756 e. The maximum absolute atomic E-state index is 13.6. The fourth-order valence-corrected chi connectivity index (χ4v) is 12.1. The zero-order valence-electron chi connectivity index (χ0n) is 59.2. The van der Waals surface area contributed by atoms with Crippen molar-refractivity contribution >= 4 is 19.7 Å². The van der Waals surface area contributed by atoms with Gasteiger partial charge in [-0.15, -0.1) is 0 Å². The van der Waals surface area contributed by atoms with Crippen LogP contribution >= 0.6 is 7.82 Å². The predicted octanol–water partition coefficient (Wildman–Crippen LogP) is 23.9. The summed E-state index contributed by atoms with van der Waals surface area (Å²) >= 11 is 0. The normalized spacial score (nSPS) is 13.8. The van der Waals surface area contributed by atoms with Crippen LogP contribution in [0, 0.1) is 0 Å². The molecule has 1 amide bonds. The summed E-state index contributed by atoms with van der Waals surface area (Å²) in [6.45, 7) is 6.87. The van der Waals surface area contributed by atoms with Gasteiger partial charge in [0.2, 0.25) is 5.91 Å². The summed E-state index contributed by atoms with van der Waals surface area (Å²) in [6.07, 6.45) is 87.8. The fourth-order valence-electron chi connectivity index (χ4n) is 11.3. The molecule has 516 valence electrons. The molecule has 0 aliphatic heterocycles. The van der Waals surface area contributed by atoms with Crippen molar-refractivity contribution in [1.82, 2.24) is 5.32 Å². The van der Waals surface area contributed by atoms with E-state index in [0.29, 0.717) is 17.4 Å². The molecule has 0 saturated heterocycles. The van der Waals surface area contributed by atoms with E-state index in [2.05, 4.69) is 74.7 Å². The topological polar surface area (TPSA) is 114 Å². The van der Waals surface area contributed by atoms with Gasteiger partial charge in [0, 0.05) is 12.8 Å². The van der Waals surface area contributed by atoms with Gasteiger partial charge in [-0.3, -0.25) is 14.2 Å². The Bertz CT molecular complexity index is 1690. The van der Waals surface area contributed by atoms with Gasteiger partial charge in [-0.25, -0.2) is 0 Å². The predicted molar refractivity (Wildman–Crippen MR) is 381 cm³/mol. The third-order valence-corrected chi connectivity index (χ3v) is 18.2. The summed E-state index contributed by atoms with van der Waals surface area (Å²) in [4.78, 5) is 40.3. The second-order valence-electron chi connectivity index (χ2n) is 27.2. The standard InChI is InChI=1S/C78H147N2O7P/c1-7-10-13-16-19-22-25-28-30-32-34-36-38-39-40-41-43-45-47-49-51-53-56-59-62-65-68-71-78(82)87-76(69-66-63-60-57-54-27-24-21-18-15-12-9-3)75(74-86-88(83,84)85-73-72-80(4,5)6)79-77(81)70-67-64-61-58-55-52-50-48-46-44-42-37-35-33-31-29-26-23-20-17-14-11-8-2/h19,22,28,30,34,36,39-40,66,69,75-76H,7-18,20-21,23-27,29,31-33,35,37-38,41-65,67-68,70-74H2,1-6H3,(H-,79,81,83,84)/b22-19-,30-28-,36-34-,40-39-,69-66+. The highest BCUT2D eigenvalue weighted by Crippen LogP contribution is 2.38. The zero-order valence-corrected chi connectivity index (χ0v) is 60.1. The minimum absolute atomic E-state index is 0.0215. The molecule has 0 spiro atoms. The molecule has 10 heteroatoms. The first-order valence-electron chi connectivity index (χ1n) is 38.1. The van der Waals surface area contributed by atoms with Gasteiger partial charge in [0.05, 0.1) is 33.8 Å². The van der Waals surface area contributed by atoms with E-state index in [1.807, 2.05) is 33.3 Å². The Morgan fingerprint density at radius 3 is 1.06 bits per heavy atom. The molecule has 3 atom stereocenters. The lowest BCUT2D eigenvalue weighted by molar-refractivity contribution is -0.870. The highest BCUT2D eigenvalue weighted by molar-refractivity contribution is 7.45. The molecule has 0 aliphatic rings. The number of phosphoric ester groups is 1. The van der Waals surface area contributed by atoms with Crippen LogP contribution < -0.4 is 10.2 Å². The lowest BCUT2D eigenvalue weighted by Gasteiger charge is -2.30. The Hall–Kier alpha value is -2.29. The second kappa shape index (κ2) is 67.6. The molecule has 88 heavy (non-hydrogen) atoms. The number of hydrogen-bond donors (Lipinski definition) is 1. The number of nitrogens with zero attached hydrogens (tertiary/aromatic N) is 1. The Balaban J connectivity index is 4.97. The van der Waals surface area contributed by atoms with E-state index in [1.54, 1.807) is 0 Å². The third kappa shape index (κ3) is 68.1. The lowest BCUT2D eigenvalue weighted by atomic mass is 10.0. The van der Waals surface area contributed by atoms with Crippen molar-refractivity contribution in [3.8, 4) is 0 Å². The lowest BCUT2D eigenvalue weighted by Crippen LogP contribution is -2.47. The Morgan fingerprint density at radius 2 is 0.693 bits per heavy atom. The van der Waals surface area contributed by atoms with Gasteiger partial charge >= 0.3 is 5.97 Å². The van der Waals surface area contributed by atoms with Crippen LogP contribution in [0.2, 0.25) is 0 Å². The maximum atomic E-state index is 13.6. The first-order valence-corrected chi connectivity index (χ1v) is 39.6. The number of hydrogen-bond acceptors (Lipinski definition) is 7. The summed E-state index contributed by atoms with van der Waals surface area (Å²) in [5, 5.41) is 3.05. The van der Waals surface area contributed by atoms with E-state index in [4.69, 9.17) is 13.8 Å². The molecule has 0 aromatic heterocycles. The first-order chi connectivity index (χ1) is 42.9. The smallest absolute Gasteiger partial charge is 0.306 e. The highest BCUT2D eigenvalue weighted by Gasteiger charge is 2.27. The molecule has 0 fully saturated rings. The van der Waals surface area contributed by atoms with Crippen molar-refractivity contribution in [2.24, 2.45) is 0 Å². The van der Waals surface area contributed by atoms with Gasteiger partial charge in [-0.1, -0.05) is 345 Å². The van der Waals surface area contributed by atoms with Crippen LogP contribution in [0.25, 0.3) is 0 Å². The van der Waals surface area contributed by atoms with Crippen LogP contribution in [0.15, 0.2) is 60.8 Å². The van der Waals surface area contributed by atoms with Crippen LogP contribution in [0.1, 0.15) is 374 Å². The van der Waals surface area contributed by atoms with Gasteiger partial charge in [-0.05, 0) is 76.7 Å². The molecule has 3 unspecified atom stereocenters. The third-order valence-electron chi connectivity index (χ3n) is 17.2. The molecule has 9 nitrogen and oxygen atoms in total. The highest BCUT2D eigenvalue weighted by atomic mass is 31.2. The van der Waals surface area contributed by atoms with Crippen LogP contribution in [0.5, 0.6) is 0 Å². The van der Waals surface area contributed by atoms with Crippen molar-refractivity contribution in [2.45, 2.75) is 386 Å². The molecule has 0 aromatic rings. The summed E-state index contributed by atoms with van der Waals surface area (Å²) in [5.41, 5.74) is 0. The van der Waals surface area contributed by atoms with E-state index in [9.17, 15) is 19.0 Å². The van der Waals surface area contributed by atoms with Gasteiger partial charge in [0.15, 0.2) is 0 Å². The zero-order chi connectivity index (χ0) is 64.2. The Morgan fingerprint density at radius 1 is 0.398 bits per heavy atom. The number of esters is 1. The van der Waals surface area contributed by atoms with Gasteiger partial charge in [0.25, 0.3) is 7.82 Å². The number of carbonyl (C=O) groups is 2. The molecular weight excluding hydrogens is 1110 g/mol. The second-order valence-corrected chi connectivity index (χ2v) is 28.6. The Labute approximate surface area is 547 Å². The number of allylic oxidation sites excluding steroid dienone is 9. The quantitative estimate of drug-likeness (QED) is 0.0212. The number of likely N-dealkylation sites (N-methyl/N-ethyl adjacent to an activating group) is 1. The number of unbranched alkanes of at least 4 members (excludes halogenated alkanes) is 46. The fraction of sp³-hybridized carbons (Fsp3) is 0.846. The van der Waals surface area contributed by atoms with Gasteiger partial charge < -0.3 is 28.5 Å². The number of rotatable bonds is 70. The summed E-state index contributed by atoms with van der Waals surface area (Å²) < 4.78 is 30.5. The summed E-state index contributed by atoms with van der Waals surface area (Å²) in [7, 11) is 1.20. The van der Waals surface area contributed by atoms with E-state index < -0.39 is 20.0 Å². The number of quaternary nitrogens is 1. The average Bonchev–Trinajstić information content (AvgIpc) is 3.61. The minimum atomic E-state index is -4.71. The van der Waals surface area contributed by atoms with E-state index in [-0.39, 0.29) is 31.5 Å². The number of ether oxygens (including phenoxy) is 1. The van der Waals surface area contributed by atoms with Crippen LogP contribution in [0.3, 0.4) is 0 Å². The van der Waals surface area contributed by atoms with Crippen LogP contribution in [-0.2, 0) is 27.9 Å². The largest absolute Gasteiger partial charge is 0.756 e. The van der Waals surface area contributed by atoms with Crippen molar-refractivity contribution in [3.05, 3.63) is 60.8 Å². The molecule has 0 rings (SSSR count). The molecule has 0 saturated carbocycles. The SMILES string of the molecule is CCCCC/C=C\C/C=C\C/C=C\C/C=C\CCCCCCCCCCCCCC(=O)OC(/C=C/CCCCCCCCCCCC)C(COP(=O)([O-])OCC[N+](C)(C)C)NC(=O)CCCCCCCCCCCCCCCCCCCCCCCCC. The van der Waals surface area contributed by atoms with Crippen LogP contribution in [0.4, 0.5) is 0 Å². The molecule has 0 heterocycles. The molecule has 0 radical (unpaired) electrons. The van der Waals surface area contributed by atoms with Crippen molar-refractivity contribution in [2.75, 3.05) is 40.9 Å². The molecule has 1 N–H and O–H groups in total. The molecule has 0 aromatic carbocycles. The van der Waals surface area contributed by atoms with Crippen molar-refractivity contribution < 1.29 is 37.3 Å². The van der Waals surface area contributed by atoms with E-state index in [0.717, 1.165) is 77.0 Å². The molecular formula is C78H147N2O7P. The number of carbonyl (C=O) groups excluding carboxylic acids is 2. The number of amides is 1. The van der Waals surface area contributed by atoms with E-state index in [1.165, 1.54) is 263 Å². The Kier molecular flexibility index (Phi) is 65.8. The van der Waals surface area contributed by atoms with Gasteiger partial charge in [-0.2, -0.15) is 0 Å². The van der Waals surface area contributed by atoms with Crippen molar-refractivity contribution in [3.63, 3.8) is 0 Å². The monoisotopic (exact) mass is 1260 g/mol. The summed E-state index contributed by atoms with van der Waals surface area (Å²) in [5.74, 6) is -0.527. The average molecular weight is 1260 g/mol.